The number of hydrogen-bond acceptors (Lipinski definition) is 4. The van der Waals surface area contributed by atoms with E-state index in [0.717, 1.165) is 0 Å². The van der Waals surface area contributed by atoms with Gasteiger partial charge in [-0.25, -0.2) is 4.79 Å². The van der Waals surface area contributed by atoms with Gasteiger partial charge in [0.05, 0.1) is 4.47 Å². The van der Waals surface area contributed by atoms with Crippen LogP contribution in [0.5, 0.6) is 11.5 Å². The third-order valence-corrected chi connectivity index (χ3v) is 3.93. The van der Waals surface area contributed by atoms with Crippen molar-refractivity contribution in [2.45, 2.75) is 19.4 Å². The summed E-state index contributed by atoms with van der Waals surface area (Å²) in [5.41, 5.74) is -0.974. The molecule has 1 amide bonds. The van der Waals surface area contributed by atoms with Crippen molar-refractivity contribution in [1.29, 1.82) is 0 Å². The number of carboxylic acids is 1. The van der Waals surface area contributed by atoms with E-state index in [-0.39, 0.29) is 6.79 Å². The Balaban J connectivity index is 2.35. The van der Waals surface area contributed by atoms with Gasteiger partial charge in [0.15, 0.2) is 11.5 Å². The van der Waals surface area contributed by atoms with Crippen molar-refractivity contribution in [1.82, 2.24) is 4.90 Å². The van der Waals surface area contributed by atoms with Crippen LogP contribution in [0.25, 0.3) is 0 Å². The van der Waals surface area contributed by atoms with Crippen molar-refractivity contribution < 1.29 is 24.2 Å². The van der Waals surface area contributed by atoms with E-state index in [1.54, 1.807) is 12.1 Å². The van der Waals surface area contributed by atoms with Gasteiger partial charge in [0.1, 0.15) is 5.54 Å². The molecule has 0 aromatic heterocycles. The van der Waals surface area contributed by atoms with Gasteiger partial charge in [-0.1, -0.05) is 0 Å². The molecule has 1 aromatic carbocycles. The molecule has 1 N–H and O–H groups in total. The van der Waals surface area contributed by atoms with E-state index in [1.165, 1.54) is 25.8 Å². The zero-order valence-electron chi connectivity index (χ0n) is 11.3. The van der Waals surface area contributed by atoms with Crippen molar-refractivity contribution in [2.75, 3.05) is 13.8 Å². The standard InChI is InChI=1S/C13H14BrNO5/c1-13(2,12(17)18)15(3)11(16)7-4-8(14)10-9(5-7)19-6-20-10/h4-5H,6H2,1-3H3,(H,17,18). The largest absolute Gasteiger partial charge is 0.480 e. The molecule has 108 valence electrons. The Hall–Kier alpha value is -1.76. The molecule has 20 heavy (non-hydrogen) atoms. The summed E-state index contributed by atoms with van der Waals surface area (Å²) in [5.74, 6) is -0.476. The molecule has 1 aromatic rings. The lowest BCUT2D eigenvalue weighted by Crippen LogP contribution is -2.50. The molecule has 1 aliphatic rings. The average molecular weight is 344 g/mol. The fraction of sp³-hybridized carbons (Fsp3) is 0.385. The maximum atomic E-state index is 12.4. The van der Waals surface area contributed by atoms with Crippen LogP contribution in [0.3, 0.4) is 0 Å². The Labute approximate surface area is 124 Å². The third-order valence-electron chi connectivity index (χ3n) is 3.34. The number of halogens is 1. The molecule has 0 radical (unpaired) electrons. The Morgan fingerprint density at radius 2 is 2.00 bits per heavy atom. The smallest absolute Gasteiger partial charge is 0.329 e. The monoisotopic (exact) mass is 343 g/mol. The number of fused-ring (bicyclic) bond motifs is 1. The molecule has 0 saturated heterocycles. The molecule has 7 heteroatoms. The molecule has 6 nitrogen and oxygen atoms in total. The van der Waals surface area contributed by atoms with Crippen LogP contribution >= 0.6 is 15.9 Å². The van der Waals surface area contributed by atoms with E-state index in [1.807, 2.05) is 0 Å². The van der Waals surface area contributed by atoms with Crippen LogP contribution in [0.4, 0.5) is 0 Å². The van der Waals surface area contributed by atoms with Gasteiger partial charge in [0, 0.05) is 12.6 Å². The molecule has 0 atom stereocenters. The van der Waals surface area contributed by atoms with Crippen LogP contribution in [-0.4, -0.2) is 41.3 Å². The topological polar surface area (TPSA) is 76.1 Å². The Kier molecular flexibility index (Phi) is 3.64. The first-order valence-electron chi connectivity index (χ1n) is 5.86. The van der Waals surface area contributed by atoms with Gasteiger partial charge in [-0.2, -0.15) is 0 Å². The molecule has 1 aliphatic heterocycles. The van der Waals surface area contributed by atoms with E-state index in [0.29, 0.717) is 21.5 Å². The Bertz CT molecular complexity index is 584. The highest BCUT2D eigenvalue weighted by atomic mass is 79.9. The summed E-state index contributed by atoms with van der Waals surface area (Å²) >= 11 is 3.30. The molecular weight excluding hydrogens is 330 g/mol. The lowest BCUT2D eigenvalue weighted by Gasteiger charge is -2.31. The van der Waals surface area contributed by atoms with E-state index in [2.05, 4.69) is 15.9 Å². The fourth-order valence-corrected chi connectivity index (χ4v) is 2.24. The zero-order chi connectivity index (χ0) is 15.1. The maximum absolute atomic E-state index is 12.4. The molecule has 2 rings (SSSR count). The zero-order valence-corrected chi connectivity index (χ0v) is 12.9. The summed E-state index contributed by atoms with van der Waals surface area (Å²) in [5, 5.41) is 9.17. The van der Waals surface area contributed by atoms with Crippen LogP contribution in [0, 0.1) is 0 Å². The summed E-state index contributed by atoms with van der Waals surface area (Å²) in [6.07, 6.45) is 0. The number of aliphatic carboxylic acids is 1. The van der Waals surface area contributed by atoms with E-state index >= 15 is 0 Å². The quantitative estimate of drug-likeness (QED) is 0.909. The number of nitrogens with zero attached hydrogens (tertiary/aromatic N) is 1. The highest BCUT2D eigenvalue weighted by molar-refractivity contribution is 9.10. The first-order valence-corrected chi connectivity index (χ1v) is 6.65. The second kappa shape index (κ2) is 4.97. The minimum Gasteiger partial charge on any atom is -0.480 e. The molecular formula is C13H14BrNO5. The number of carbonyl (C=O) groups is 2. The van der Waals surface area contributed by atoms with Gasteiger partial charge in [-0.3, -0.25) is 4.79 Å². The van der Waals surface area contributed by atoms with Gasteiger partial charge < -0.3 is 19.5 Å². The van der Waals surface area contributed by atoms with Crippen LogP contribution in [0.2, 0.25) is 0 Å². The molecule has 0 unspecified atom stereocenters. The number of amides is 1. The van der Waals surface area contributed by atoms with E-state index in [4.69, 9.17) is 14.6 Å². The van der Waals surface area contributed by atoms with Crippen LogP contribution < -0.4 is 9.47 Å². The second-order valence-corrected chi connectivity index (χ2v) is 5.77. The molecule has 0 bridgehead atoms. The number of benzene rings is 1. The summed E-state index contributed by atoms with van der Waals surface area (Å²) in [7, 11) is 1.45. The predicted octanol–water partition coefficient (Wildman–Crippen LogP) is 2.11. The summed E-state index contributed by atoms with van der Waals surface area (Å²) in [4.78, 5) is 24.8. The number of carbonyl (C=O) groups excluding carboxylic acids is 1. The van der Waals surface area contributed by atoms with Gasteiger partial charge in [-0.05, 0) is 41.9 Å². The van der Waals surface area contributed by atoms with Crippen LogP contribution in [0.1, 0.15) is 24.2 Å². The van der Waals surface area contributed by atoms with E-state index in [9.17, 15) is 9.59 Å². The number of likely N-dealkylation sites (N-methyl/N-ethyl adjacent to an activating group) is 1. The summed E-state index contributed by atoms with van der Waals surface area (Å²) < 4.78 is 11.1. The van der Waals surface area contributed by atoms with Gasteiger partial charge in [0.2, 0.25) is 6.79 Å². The van der Waals surface area contributed by atoms with Crippen LogP contribution in [0.15, 0.2) is 16.6 Å². The first kappa shape index (κ1) is 14.6. The normalized spacial score (nSPS) is 13.2. The summed E-state index contributed by atoms with van der Waals surface area (Å²) in [6.45, 7) is 3.03. The second-order valence-electron chi connectivity index (χ2n) is 4.92. The number of ether oxygens (including phenoxy) is 2. The minimum atomic E-state index is -1.31. The SMILES string of the molecule is CN(C(=O)c1cc(Br)c2c(c1)OCO2)C(C)(C)C(=O)O. The maximum Gasteiger partial charge on any atom is 0.329 e. The van der Waals surface area contributed by atoms with Gasteiger partial charge in [-0.15, -0.1) is 0 Å². The minimum absolute atomic E-state index is 0.0992. The molecule has 0 aliphatic carbocycles. The van der Waals surface area contributed by atoms with E-state index < -0.39 is 17.4 Å². The molecule has 1 heterocycles. The van der Waals surface area contributed by atoms with Crippen molar-refractivity contribution in [2.24, 2.45) is 0 Å². The van der Waals surface area contributed by atoms with Crippen LogP contribution in [-0.2, 0) is 4.79 Å². The first-order chi connectivity index (χ1) is 9.25. The number of hydrogen-bond donors (Lipinski definition) is 1. The fourth-order valence-electron chi connectivity index (χ4n) is 1.68. The highest BCUT2D eigenvalue weighted by Gasteiger charge is 2.36. The molecule has 0 fully saturated rings. The average Bonchev–Trinajstić information content (AvgIpc) is 2.85. The Morgan fingerprint density at radius 3 is 2.60 bits per heavy atom. The van der Waals surface area contributed by atoms with Gasteiger partial charge in [0.25, 0.3) is 5.91 Å². The van der Waals surface area contributed by atoms with Gasteiger partial charge >= 0.3 is 5.97 Å². The van der Waals surface area contributed by atoms with Crippen molar-refractivity contribution >= 4 is 27.8 Å². The lowest BCUT2D eigenvalue weighted by atomic mass is 10.0. The number of carboxylic acid groups (broad SMARTS) is 1. The number of rotatable bonds is 3. The highest BCUT2D eigenvalue weighted by Crippen LogP contribution is 2.40. The predicted molar refractivity (Wildman–Crippen MR) is 74.1 cm³/mol. The van der Waals surface area contributed by atoms with Crippen molar-refractivity contribution in [3.63, 3.8) is 0 Å². The summed E-state index contributed by atoms with van der Waals surface area (Å²) in [6, 6.07) is 3.13. The van der Waals surface area contributed by atoms with Crippen molar-refractivity contribution in [3.8, 4) is 11.5 Å². The lowest BCUT2D eigenvalue weighted by molar-refractivity contribution is -0.147. The molecule has 0 spiro atoms. The van der Waals surface area contributed by atoms with Crippen molar-refractivity contribution in [3.05, 3.63) is 22.2 Å². The third kappa shape index (κ3) is 2.33. The Morgan fingerprint density at radius 1 is 1.35 bits per heavy atom. The molecule has 0 saturated carbocycles.